The first-order chi connectivity index (χ1) is 8.61. The minimum absolute atomic E-state index is 0.162. The van der Waals surface area contributed by atoms with E-state index in [2.05, 4.69) is 29.1 Å². The summed E-state index contributed by atoms with van der Waals surface area (Å²) in [6, 6.07) is 5.27. The quantitative estimate of drug-likeness (QED) is 0.884. The second kappa shape index (κ2) is 5.67. The van der Waals surface area contributed by atoms with Crippen molar-refractivity contribution in [2.24, 2.45) is 0 Å². The third-order valence-corrected chi connectivity index (χ3v) is 3.73. The summed E-state index contributed by atoms with van der Waals surface area (Å²) in [5, 5.41) is 3.19. The van der Waals surface area contributed by atoms with E-state index in [0.29, 0.717) is 0 Å². The van der Waals surface area contributed by atoms with Crippen molar-refractivity contribution in [3.8, 4) is 0 Å². The number of rotatable bonds is 3. The predicted octanol–water partition coefficient (Wildman–Crippen LogP) is 1.86. The fourth-order valence-corrected chi connectivity index (χ4v) is 2.36. The van der Waals surface area contributed by atoms with Gasteiger partial charge >= 0.3 is 0 Å². The summed E-state index contributed by atoms with van der Waals surface area (Å²) in [5.41, 5.74) is 2.20. The van der Waals surface area contributed by atoms with Gasteiger partial charge in [-0.05, 0) is 44.8 Å². The van der Waals surface area contributed by atoms with Gasteiger partial charge in [-0.25, -0.2) is 4.39 Å². The molecule has 1 N–H and O–H groups in total. The molecule has 0 spiro atoms. The maximum atomic E-state index is 13.4. The molecule has 2 rings (SSSR count). The van der Waals surface area contributed by atoms with E-state index < -0.39 is 0 Å². The number of anilines is 1. The smallest absolute Gasteiger partial charge is 0.123 e. The summed E-state index contributed by atoms with van der Waals surface area (Å²) >= 11 is 0. The zero-order chi connectivity index (χ0) is 13.1. The van der Waals surface area contributed by atoms with Crippen molar-refractivity contribution in [1.82, 2.24) is 10.2 Å². The molecule has 0 aliphatic carbocycles. The molecule has 0 saturated carbocycles. The number of nitrogens with zero attached hydrogens (tertiary/aromatic N) is 2. The summed E-state index contributed by atoms with van der Waals surface area (Å²) in [7, 11) is 4.04. The van der Waals surface area contributed by atoms with Gasteiger partial charge in [-0.15, -0.1) is 0 Å². The Hall–Kier alpha value is -1.13. The zero-order valence-electron chi connectivity index (χ0n) is 11.4. The van der Waals surface area contributed by atoms with E-state index in [1.165, 1.54) is 0 Å². The van der Waals surface area contributed by atoms with E-state index >= 15 is 0 Å². The molecule has 1 aromatic carbocycles. The average molecular weight is 251 g/mol. The number of halogens is 1. The molecule has 1 aliphatic heterocycles. The largest absolute Gasteiger partial charge is 0.369 e. The standard InChI is InChI=1S/C14H22FN3/c1-11(16-2)13-10-12(15)4-5-14(13)18-8-6-17(3)7-9-18/h4-5,10-11,16H,6-9H2,1-3H3. The number of hydrogen-bond donors (Lipinski definition) is 1. The van der Waals surface area contributed by atoms with Crippen LogP contribution in [0.2, 0.25) is 0 Å². The molecule has 1 fully saturated rings. The van der Waals surface area contributed by atoms with E-state index in [0.717, 1.165) is 37.4 Å². The maximum Gasteiger partial charge on any atom is 0.123 e. The van der Waals surface area contributed by atoms with Gasteiger partial charge in [-0.3, -0.25) is 0 Å². The number of nitrogens with one attached hydrogen (secondary N) is 1. The van der Waals surface area contributed by atoms with E-state index in [1.807, 2.05) is 13.1 Å². The first-order valence-electron chi connectivity index (χ1n) is 6.52. The van der Waals surface area contributed by atoms with Crippen LogP contribution in [-0.2, 0) is 0 Å². The highest BCUT2D eigenvalue weighted by Gasteiger charge is 2.19. The van der Waals surface area contributed by atoms with Gasteiger partial charge in [-0.2, -0.15) is 0 Å². The van der Waals surface area contributed by atoms with Crippen LogP contribution in [0.1, 0.15) is 18.5 Å². The van der Waals surface area contributed by atoms with Crippen LogP contribution in [0, 0.1) is 5.82 Å². The Morgan fingerprint density at radius 3 is 2.50 bits per heavy atom. The molecular formula is C14H22FN3. The van der Waals surface area contributed by atoms with Crippen molar-refractivity contribution < 1.29 is 4.39 Å². The van der Waals surface area contributed by atoms with Crippen LogP contribution in [0.15, 0.2) is 18.2 Å². The van der Waals surface area contributed by atoms with Gasteiger partial charge in [0.2, 0.25) is 0 Å². The topological polar surface area (TPSA) is 18.5 Å². The second-order valence-corrected chi connectivity index (χ2v) is 5.00. The first kappa shape index (κ1) is 13.3. The summed E-state index contributed by atoms with van der Waals surface area (Å²) in [5.74, 6) is -0.162. The van der Waals surface area contributed by atoms with Crippen molar-refractivity contribution in [3.63, 3.8) is 0 Å². The van der Waals surface area contributed by atoms with Gasteiger partial charge in [0.1, 0.15) is 5.82 Å². The Labute approximate surface area is 109 Å². The van der Waals surface area contributed by atoms with E-state index in [9.17, 15) is 4.39 Å². The molecule has 1 saturated heterocycles. The highest BCUT2D eigenvalue weighted by atomic mass is 19.1. The van der Waals surface area contributed by atoms with E-state index in [4.69, 9.17) is 0 Å². The molecule has 100 valence electrons. The third kappa shape index (κ3) is 2.82. The van der Waals surface area contributed by atoms with Crippen LogP contribution in [0.25, 0.3) is 0 Å². The van der Waals surface area contributed by atoms with Gasteiger partial charge in [0, 0.05) is 37.9 Å². The van der Waals surface area contributed by atoms with Gasteiger partial charge < -0.3 is 15.1 Å². The molecule has 4 heteroatoms. The monoisotopic (exact) mass is 251 g/mol. The third-order valence-electron chi connectivity index (χ3n) is 3.73. The lowest BCUT2D eigenvalue weighted by Gasteiger charge is -2.36. The van der Waals surface area contributed by atoms with Crippen molar-refractivity contribution in [2.45, 2.75) is 13.0 Å². The Kier molecular flexibility index (Phi) is 4.19. The Balaban J connectivity index is 2.26. The van der Waals surface area contributed by atoms with Crippen LogP contribution in [0.5, 0.6) is 0 Å². The number of hydrogen-bond acceptors (Lipinski definition) is 3. The van der Waals surface area contributed by atoms with Crippen molar-refractivity contribution in [1.29, 1.82) is 0 Å². The molecule has 1 unspecified atom stereocenters. The number of benzene rings is 1. The van der Waals surface area contributed by atoms with Crippen molar-refractivity contribution in [3.05, 3.63) is 29.6 Å². The summed E-state index contributed by atoms with van der Waals surface area (Å²) < 4.78 is 13.4. The van der Waals surface area contributed by atoms with Crippen LogP contribution in [0.3, 0.4) is 0 Å². The van der Waals surface area contributed by atoms with Crippen LogP contribution >= 0.6 is 0 Å². The average Bonchev–Trinajstić information content (AvgIpc) is 2.39. The van der Waals surface area contributed by atoms with E-state index in [1.54, 1.807) is 12.1 Å². The second-order valence-electron chi connectivity index (χ2n) is 5.00. The lowest BCUT2D eigenvalue weighted by atomic mass is 10.0. The molecule has 18 heavy (non-hydrogen) atoms. The first-order valence-corrected chi connectivity index (χ1v) is 6.52. The minimum atomic E-state index is -0.162. The van der Waals surface area contributed by atoms with E-state index in [-0.39, 0.29) is 11.9 Å². The highest BCUT2D eigenvalue weighted by molar-refractivity contribution is 5.55. The molecule has 3 nitrogen and oxygen atoms in total. The van der Waals surface area contributed by atoms with Crippen molar-refractivity contribution in [2.75, 3.05) is 45.2 Å². The fraction of sp³-hybridized carbons (Fsp3) is 0.571. The van der Waals surface area contributed by atoms with Crippen LogP contribution in [0.4, 0.5) is 10.1 Å². The summed E-state index contributed by atoms with van der Waals surface area (Å²) in [6.07, 6.45) is 0. The Bertz CT molecular complexity index is 400. The molecular weight excluding hydrogens is 229 g/mol. The predicted molar refractivity (Wildman–Crippen MR) is 73.6 cm³/mol. The molecule has 1 atom stereocenters. The van der Waals surface area contributed by atoms with Crippen molar-refractivity contribution >= 4 is 5.69 Å². The zero-order valence-corrected chi connectivity index (χ0v) is 11.4. The SMILES string of the molecule is CNC(C)c1cc(F)ccc1N1CCN(C)CC1. The summed E-state index contributed by atoms with van der Waals surface area (Å²) in [4.78, 5) is 4.67. The fourth-order valence-electron chi connectivity index (χ4n) is 2.36. The Morgan fingerprint density at radius 2 is 1.89 bits per heavy atom. The molecule has 0 aromatic heterocycles. The van der Waals surface area contributed by atoms with Gasteiger partial charge in [0.05, 0.1) is 0 Å². The molecule has 1 heterocycles. The Morgan fingerprint density at radius 1 is 1.22 bits per heavy atom. The maximum absolute atomic E-state index is 13.4. The lowest BCUT2D eigenvalue weighted by molar-refractivity contribution is 0.312. The van der Waals surface area contributed by atoms with Crippen LogP contribution in [-0.4, -0.2) is 45.2 Å². The molecule has 0 radical (unpaired) electrons. The number of piperazine rings is 1. The molecule has 1 aromatic rings. The minimum Gasteiger partial charge on any atom is -0.369 e. The molecule has 1 aliphatic rings. The van der Waals surface area contributed by atoms with Crippen LogP contribution < -0.4 is 10.2 Å². The van der Waals surface area contributed by atoms with Gasteiger partial charge in [0.15, 0.2) is 0 Å². The highest BCUT2D eigenvalue weighted by Crippen LogP contribution is 2.27. The normalized spacial score (nSPS) is 19.0. The van der Waals surface area contributed by atoms with Gasteiger partial charge in [0.25, 0.3) is 0 Å². The number of likely N-dealkylation sites (N-methyl/N-ethyl adjacent to an activating group) is 1. The molecule has 0 amide bonds. The van der Waals surface area contributed by atoms with Gasteiger partial charge in [-0.1, -0.05) is 0 Å². The lowest BCUT2D eigenvalue weighted by Crippen LogP contribution is -2.45. The molecule has 0 bridgehead atoms. The summed E-state index contributed by atoms with van der Waals surface area (Å²) in [6.45, 7) is 6.20.